The predicted molar refractivity (Wildman–Crippen MR) is 175 cm³/mol. The number of carbonyl (C=O) groups is 2. The molecular formula is C32H46N4O4S2. The van der Waals surface area contributed by atoms with Crippen molar-refractivity contribution in [3.05, 3.63) is 31.9 Å². The monoisotopic (exact) mass is 614 g/mol. The van der Waals surface area contributed by atoms with Crippen molar-refractivity contribution in [3.63, 3.8) is 0 Å². The largest absolute Gasteiger partial charge is 0.481 e. The van der Waals surface area contributed by atoms with E-state index in [1.54, 1.807) is 9.47 Å². The van der Waals surface area contributed by atoms with Crippen LogP contribution in [0.15, 0.2) is 9.70 Å². The third kappa shape index (κ3) is 8.93. The van der Waals surface area contributed by atoms with Crippen molar-refractivity contribution in [3.8, 4) is 6.07 Å². The lowest BCUT2D eigenvalue weighted by molar-refractivity contribution is -0.137. The molecule has 2 saturated heterocycles. The number of pyridine rings is 1. The maximum absolute atomic E-state index is 13.5. The van der Waals surface area contributed by atoms with E-state index < -0.39 is 5.97 Å². The normalized spacial score (nSPS) is 18.2. The molecule has 0 saturated carbocycles. The van der Waals surface area contributed by atoms with E-state index in [1.807, 2.05) is 13.0 Å². The van der Waals surface area contributed by atoms with Gasteiger partial charge in [0, 0.05) is 38.2 Å². The number of unbranched alkanes of at least 4 members (excludes halogenated alkanes) is 8. The molecule has 1 unspecified atom stereocenters. The van der Waals surface area contributed by atoms with Gasteiger partial charge < -0.3 is 10.0 Å². The van der Waals surface area contributed by atoms with Gasteiger partial charge in [0.1, 0.15) is 21.8 Å². The fourth-order valence-corrected chi connectivity index (χ4v) is 7.11. The number of carboxylic acid groups (broad SMARTS) is 1. The van der Waals surface area contributed by atoms with E-state index in [9.17, 15) is 19.6 Å². The summed E-state index contributed by atoms with van der Waals surface area (Å²) < 4.78 is 2.32. The number of nitriles is 1. The molecule has 0 bridgehead atoms. The molecule has 0 spiro atoms. The third-order valence-electron chi connectivity index (χ3n) is 8.21. The van der Waals surface area contributed by atoms with E-state index >= 15 is 0 Å². The quantitative estimate of drug-likeness (QED) is 0.122. The number of thioether (sulfide) groups is 1. The number of piperidine rings is 1. The van der Waals surface area contributed by atoms with Crippen LogP contribution in [0.1, 0.15) is 114 Å². The van der Waals surface area contributed by atoms with Gasteiger partial charge in [-0.15, -0.1) is 0 Å². The smallest absolute Gasteiger partial charge is 0.303 e. The Labute approximate surface area is 260 Å². The number of carbonyl (C=O) groups excluding carboxylic acids is 1. The molecule has 1 aromatic rings. The van der Waals surface area contributed by atoms with Crippen molar-refractivity contribution in [2.75, 3.05) is 24.5 Å². The predicted octanol–water partition coefficient (Wildman–Crippen LogP) is 6.86. The number of amides is 1. The molecule has 42 heavy (non-hydrogen) atoms. The van der Waals surface area contributed by atoms with Crippen LogP contribution in [0.5, 0.6) is 0 Å². The van der Waals surface area contributed by atoms with Gasteiger partial charge >= 0.3 is 5.97 Å². The second-order valence-electron chi connectivity index (χ2n) is 11.7. The van der Waals surface area contributed by atoms with Gasteiger partial charge in [-0.05, 0) is 56.6 Å². The maximum atomic E-state index is 13.5. The van der Waals surface area contributed by atoms with Crippen LogP contribution in [0.2, 0.25) is 0 Å². The molecular weight excluding hydrogens is 569 g/mol. The van der Waals surface area contributed by atoms with Crippen LogP contribution in [0.3, 0.4) is 0 Å². The number of anilines is 1. The molecule has 10 heteroatoms. The van der Waals surface area contributed by atoms with E-state index in [1.165, 1.54) is 11.8 Å². The Kier molecular flexibility index (Phi) is 13.6. The second kappa shape index (κ2) is 16.9. The van der Waals surface area contributed by atoms with Gasteiger partial charge in [-0.1, -0.05) is 82.8 Å². The van der Waals surface area contributed by atoms with Crippen molar-refractivity contribution < 1.29 is 14.7 Å². The molecule has 3 heterocycles. The van der Waals surface area contributed by atoms with Crippen molar-refractivity contribution in [2.45, 2.75) is 111 Å². The lowest BCUT2D eigenvalue weighted by Gasteiger charge is -2.36. The van der Waals surface area contributed by atoms with Crippen molar-refractivity contribution in [2.24, 2.45) is 5.92 Å². The minimum atomic E-state index is -0.726. The Morgan fingerprint density at radius 3 is 2.38 bits per heavy atom. The number of hydrogen-bond donors (Lipinski definition) is 1. The Morgan fingerprint density at radius 2 is 1.76 bits per heavy atom. The minimum absolute atomic E-state index is 0.106. The molecule has 1 atom stereocenters. The summed E-state index contributed by atoms with van der Waals surface area (Å²) in [6, 6.07) is 2.14. The number of hydrogen-bond acceptors (Lipinski definition) is 7. The van der Waals surface area contributed by atoms with E-state index in [0.717, 1.165) is 102 Å². The first kappa shape index (κ1) is 33.9. The summed E-state index contributed by atoms with van der Waals surface area (Å²) in [7, 11) is 0. The number of nitrogens with zero attached hydrogens (tertiary/aromatic N) is 4. The van der Waals surface area contributed by atoms with E-state index in [4.69, 9.17) is 17.3 Å². The highest BCUT2D eigenvalue weighted by Gasteiger charge is 2.33. The van der Waals surface area contributed by atoms with E-state index in [2.05, 4.69) is 24.8 Å². The number of thiocarbonyl (C=S) groups is 1. The first-order valence-electron chi connectivity index (χ1n) is 15.6. The molecule has 2 aliphatic heterocycles. The van der Waals surface area contributed by atoms with Crippen LogP contribution in [0.25, 0.3) is 6.08 Å². The number of aromatic nitrogens is 1. The van der Waals surface area contributed by atoms with Crippen molar-refractivity contribution in [1.82, 2.24) is 9.47 Å². The van der Waals surface area contributed by atoms with E-state index in [-0.39, 0.29) is 23.5 Å². The van der Waals surface area contributed by atoms with Gasteiger partial charge in [0.25, 0.3) is 11.5 Å². The molecule has 0 radical (unpaired) electrons. The Bertz CT molecular complexity index is 1270. The molecule has 2 aliphatic rings. The fraction of sp³-hybridized carbons (Fsp3) is 0.656. The standard InChI is InChI=1S/C32H46N4O4S2/c1-4-5-18-35-29(34-17-14-15-23(2)22-34)25(24(3)26(21-33)30(35)39)20-27-31(40)36(32(41)42-27)19-13-11-9-7-6-8-10-12-16-28(37)38/h20,23H,4-19,22H2,1-3H3,(H,37,38)/b27-20+. The van der Waals surface area contributed by atoms with E-state index in [0.29, 0.717) is 33.8 Å². The van der Waals surface area contributed by atoms with Crippen LogP contribution in [0, 0.1) is 24.2 Å². The molecule has 8 nitrogen and oxygen atoms in total. The van der Waals surface area contributed by atoms with Crippen LogP contribution in [0.4, 0.5) is 5.82 Å². The fourth-order valence-electron chi connectivity index (χ4n) is 5.82. The Morgan fingerprint density at radius 1 is 1.10 bits per heavy atom. The lowest BCUT2D eigenvalue weighted by atomic mass is 9.98. The zero-order valence-electron chi connectivity index (χ0n) is 25.5. The van der Waals surface area contributed by atoms with Crippen LogP contribution in [-0.2, 0) is 16.1 Å². The average Bonchev–Trinajstić information content (AvgIpc) is 3.22. The SMILES string of the molecule is CCCCn1c(N2CCCC(C)C2)c(/C=C2/SC(=S)N(CCCCCCCCCCC(=O)O)C2=O)c(C)c(C#N)c1=O. The van der Waals surface area contributed by atoms with Gasteiger partial charge in [-0.2, -0.15) is 5.26 Å². The molecule has 1 aromatic heterocycles. The van der Waals surface area contributed by atoms with Crippen LogP contribution >= 0.6 is 24.0 Å². The molecule has 3 rings (SSSR count). The van der Waals surface area contributed by atoms with Crippen molar-refractivity contribution in [1.29, 1.82) is 5.26 Å². The molecule has 0 aliphatic carbocycles. The highest BCUT2D eigenvalue weighted by Crippen LogP contribution is 2.37. The molecule has 1 amide bonds. The second-order valence-corrected chi connectivity index (χ2v) is 13.3. The Hall–Kier alpha value is -2.64. The van der Waals surface area contributed by atoms with Crippen LogP contribution in [-0.4, -0.2) is 50.4 Å². The number of rotatable bonds is 16. The average molecular weight is 615 g/mol. The Balaban J connectivity index is 1.75. The van der Waals surface area contributed by atoms with Gasteiger partial charge in [0.15, 0.2) is 0 Å². The van der Waals surface area contributed by atoms with Gasteiger partial charge in [-0.25, -0.2) is 0 Å². The van der Waals surface area contributed by atoms with Gasteiger partial charge in [0.05, 0.1) is 4.91 Å². The summed E-state index contributed by atoms with van der Waals surface area (Å²) >= 11 is 6.92. The third-order valence-corrected chi connectivity index (χ3v) is 9.59. The maximum Gasteiger partial charge on any atom is 0.303 e. The lowest BCUT2D eigenvalue weighted by Crippen LogP contribution is -2.40. The molecule has 1 N–H and O–H groups in total. The van der Waals surface area contributed by atoms with Gasteiger partial charge in [0.2, 0.25) is 0 Å². The topological polar surface area (TPSA) is 107 Å². The van der Waals surface area contributed by atoms with Crippen molar-refractivity contribution >= 4 is 52.1 Å². The van der Waals surface area contributed by atoms with Crippen LogP contribution < -0.4 is 10.5 Å². The number of aliphatic carboxylic acids is 1. The first-order valence-corrected chi connectivity index (χ1v) is 16.8. The summed E-state index contributed by atoms with van der Waals surface area (Å²) in [6.07, 6.45) is 14.0. The zero-order valence-corrected chi connectivity index (χ0v) is 27.1. The highest BCUT2D eigenvalue weighted by molar-refractivity contribution is 8.26. The summed E-state index contributed by atoms with van der Waals surface area (Å²) in [6.45, 7) is 8.92. The highest BCUT2D eigenvalue weighted by atomic mass is 32.2. The number of carboxylic acids is 1. The molecule has 230 valence electrons. The summed E-state index contributed by atoms with van der Waals surface area (Å²) in [5, 5.41) is 18.6. The summed E-state index contributed by atoms with van der Waals surface area (Å²) in [5.74, 6) is 0.485. The minimum Gasteiger partial charge on any atom is -0.481 e. The molecule has 2 fully saturated rings. The zero-order chi connectivity index (χ0) is 30.6. The first-order chi connectivity index (χ1) is 20.2. The summed E-state index contributed by atoms with van der Waals surface area (Å²) in [4.78, 5) is 42.1. The van der Waals surface area contributed by atoms with Gasteiger partial charge in [-0.3, -0.25) is 23.9 Å². The molecule has 0 aromatic carbocycles. The summed E-state index contributed by atoms with van der Waals surface area (Å²) in [5.41, 5.74) is 1.29.